The highest BCUT2D eigenvalue weighted by Gasteiger charge is 2.08. The molecule has 0 unspecified atom stereocenters. The smallest absolute Gasteiger partial charge is 0.309 e. The molecule has 6 heteroatoms. The molecule has 1 aromatic heterocycles. The van der Waals surface area contributed by atoms with Crippen LogP contribution in [0.3, 0.4) is 0 Å². The number of allylic oxidation sites excluding steroid dienone is 1. The molecule has 0 fully saturated rings. The van der Waals surface area contributed by atoms with Crippen LogP contribution in [-0.2, 0) is 6.54 Å². The van der Waals surface area contributed by atoms with E-state index >= 15 is 0 Å². The van der Waals surface area contributed by atoms with Crippen LogP contribution in [0.5, 0.6) is 0 Å². The summed E-state index contributed by atoms with van der Waals surface area (Å²) in [5, 5.41) is -0.106. The van der Waals surface area contributed by atoms with Crippen molar-refractivity contribution in [2.24, 2.45) is 0 Å². The number of rotatable bonds is 4. The van der Waals surface area contributed by atoms with Gasteiger partial charge >= 0.3 is 11.1 Å². The van der Waals surface area contributed by atoms with Gasteiger partial charge in [-0.2, -0.15) is 0 Å². The van der Waals surface area contributed by atoms with E-state index < -0.39 is 16.9 Å². The van der Waals surface area contributed by atoms with Gasteiger partial charge in [-0.15, -0.1) is 6.58 Å². The van der Waals surface area contributed by atoms with Gasteiger partial charge in [-0.1, -0.05) is 17.7 Å². The fourth-order valence-corrected chi connectivity index (χ4v) is 1.93. The molecule has 2 aromatic rings. The van der Waals surface area contributed by atoms with Gasteiger partial charge in [0, 0.05) is 18.9 Å². The van der Waals surface area contributed by atoms with Crippen molar-refractivity contribution in [2.75, 3.05) is 0 Å². The first-order chi connectivity index (χ1) is 9.54. The van der Waals surface area contributed by atoms with E-state index in [-0.39, 0.29) is 5.02 Å². The van der Waals surface area contributed by atoms with Crippen molar-refractivity contribution in [3.63, 3.8) is 0 Å². The van der Waals surface area contributed by atoms with E-state index in [1.54, 1.807) is 6.08 Å². The zero-order valence-corrected chi connectivity index (χ0v) is 11.3. The van der Waals surface area contributed by atoms with Crippen molar-refractivity contribution >= 4 is 11.6 Å². The Labute approximate surface area is 119 Å². The Morgan fingerprint density at radius 1 is 1.25 bits per heavy atom. The molecule has 0 N–H and O–H groups in total. The topological polar surface area (TPSA) is 44.0 Å². The summed E-state index contributed by atoms with van der Waals surface area (Å²) >= 11 is 5.67. The summed E-state index contributed by atoms with van der Waals surface area (Å²) in [6.45, 7) is 3.95. The standard InChI is InChI=1S/C14H12ClFN2O2/c1-2-3-6-17-7-8-18(14(20)13(17)19)10-4-5-12(16)11(15)9-10/h2,4-5,7-9H,1,3,6H2. The third kappa shape index (κ3) is 2.72. The Balaban J connectivity index is 2.51. The van der Waals surface area contributed by atoms with Crippen LogP contribution < -0.4 is 11.1 Å². The Kier molecular flexibility index (Phi) is 4.20. The fourth-order valence-electron chi connectivity index (χ4n) is 1.75. The summed E-state index contributed by atoms with van der Waals surface area (Å²) in [6, 6.07) is 3.83. The number of hydrogen-bond donors (Lipinski definition) is 0. The largest absolute Gasteiger partial charge is 0.320 e. The van der Waals surface area contributed by atoms with Crippen LogP contribution >= 0.6 is 11.6 Å². The van der Waals surface area contributed by atoms with Crippen LogP contribution in [0.1, 0.15) is 6.42 Å². The summed E-state index contributed by atoms with van der Waals surface area (Å²) < 4.78 is 15.6. The molecule has 0 aliphatic rings. The zero-order valence-electron chi connectivity index (χ0n) is 10.6. The summed E-state index contributed by atoms with van der Waals surface area (Å²) in [7, 11) is 0. The van der Waals surface area contributed by atoms with Crippen LogP contribution in [0.25, 0.3) is 5.69 Å². The van der Waals surface area contributed by atoms with Crippen LogP contribution in [0.15, 0.2) is 52.8 Å². The molecule has 0 atom stereocenters. The van der Waals surface area contributed by atoms with Crippen LogP contribution in [0, 0.1) is 5.82 Å². The van der Waals surface area contributed by atoms with E-state index in [9.17, 15) is 14.0 Å². The second-order valence-corrected chi connectivity index (χ2v) is 4.55. The minimum atomic E-state index is -0.709. The monoisotopic (exact) mass is 294 g/mol. The summed E-state index contributed by atoms with van der Waals surface area (Å²) in [4.78, 5) is 23.9. The minimum absolute atomic E-state index is 0.106. The molecule has 1 aromatic carbocycles. The molecule has 2 rings (SSSR count). The van der Waals surface area contributed by atoms with Crippen LogP contribution in [-0.4, -0.2) is 9.13 Å². The van der Waals surface area contributed by atoms with Gasteiger partial charge < -0.3 is 4.57 Å². The molecule has 104 valence electrons. The molecular weight excluding hydrogens is 283 g/mol. The maximum absolute atomic E-state index is 13.1. The Morgan fingerprint density at radius 2 is 2.00 bits per heavy atom. The van der Waals surface area contributed by atoms with Crippen molar-refractivity contribution in [3.05, 3.63) is 74.8 Å². The van der Waals surface area contributed by atoms with E-state index in [2.05, 4.69) is 6.58 Å². The van der Waals surface area contributed by atoms with E-state index in [1.165, 1.54) is 29.1 Å². The second-order valence-electron chi connectivity index (χ2n) is 4.15. The number of nitrogens with zero attached hydrogens (tertiary/aromatic N) is 2. The summed E-state index contributed by atoms with van der Waals surface area (Å²) in [5.74, 6) is -0.581. The molecule has 0 aliphatic heterocycles. The highest BCUT2D eigenvalue weighted by molar-refractivity contribution is 6.30. The molecule has 0 aliphatic carbocycles. The molecule has 0 bridgehead atoms. The lowest BCUT2D eigenvalue weighted by Gasteiger charge is -2.08. The maximum Gasteiger partial charge on any atom is 0.320 e. The predicted octanol–water partition coefficient (Wildman–Crippen LogP) is 2.37. The van der Waals surface area contributed by atoms with Crippen molar-refractivity contribution in [1.82, 2.24) is 9.13 Å². The quantitative estimate of drug-likeness (QED) is 0.642. The lowest BCUT2D eigenvalue weighted by molar-refractivity contribution is 0.627. The number of aryl methyl sites for hydroxylation is 1. The molecule has 0 saturated heterocycles. The first-order valence-corrected chi connectivity index (χ1v) is 6.31. The number of benzene rings is 1. The van der Waals surface area contributed by atoms with Crippen LogP contribution in [0.2, 0.25) is 5.02 Å². The molecule has 4 nitrogen and oxygen atoms in total. The maximum atomic E-state index is 13.1. The first-order valence-electron chi connectivity index (χ1n) is 5.93. The third-order valence-electron chi connectivity index (χ3n) is 2.81. The zero-order chi connectivity index (χ0) is 14.7. The van der Waals surface area contributed by atoms with Gasteiger partial charge in [-0.3, -0.25) is 14.2 Å². The van der Waals surface area contributed by atoms with Gasteiger partial charge in [0.1, 0.15) is 5.82 Å². The van der Waals surface area contributed by atoms with E-state index in [1.807, 2.05) is 0 Å². The molecule has 0 saturated carbocycles. The number of halogens is 2. The predicted molar refractivity (Wildman–Crippen MR) is 76.1 cm³/mol. The first kappa shape index (κ1) is 14.3. The van der Waals surface area contributed by atoms with Gasteiger partial charge in [-0.05, 0) is 24.6 Å². The van der Waals surface area contributed by atoms with Crippen molar-refractivity contribution in [2.45, 2.75) is 13.0 Å². The molecule has 0 amide bonds. The number of aromatic nitrogens is 2. The normalized spacial score (nSPS) is 10.5. The van der Waals surface area contributed by atoms with Crippen LogP contribution in [0.4, 0.5) is 4.39 Å². The molecule has 1 heterocycles. The van der Waals surface area contributed by atoms with Gasteiger partial charge in [-0.25, -0.2) is 4.39 Å². The SMILES string of the molecule is C=CCCn1ccn(-c2ccc(F)c(Cl)c2)c(=O)c1=O. The molecular formula is C14H12ClFN2O2. The second kappa shape index (κ2) is 5.88. The lowest BCUT2D eigenvalue weighted by atomic mass is 10.3. The average Bonchev–Trinajstić information content (AvgIpc) is 2.44. The molecule has 0 radical (unpaired) electrons. The highest BCUT2D eigenvalue weighted by Crippen LogP contribution is 2.17. The number of hydrogen-bond acceptors (Lipinski definition) is 2. The highest BCUT2D eigenvalue weighted by atomic mass is 35.5. The average molecular weight is 295 g/mol. The molecule has 0 spiro atoms. The van der Waals surface area contributed by atoms with E-state index in [0.29, 0.717) is 18.7 Å². The Bertz CT molecular complexity index is 764. The Hall–Kier alpha value is -2.14. The van der Waals surface area contributed by atoms with Gasteiger partial charge in [0.2, 0.25) is 0 Å². The third-order valence-corrected chi connectivity index (χ3v) is 3.10. The van der Waals surface area contributed by atoms with E-state index in [4.69, 9.17) is 11.6 Å². The minimum Gasteiger partial charge on any atom is -0.309 e. The van der Waals surface area contributed by atoms with Gasteiger partial charge in [0.25, 0.3) is 0 Å². The fraction of sp³-hybridized carbons (Fsp3) is 0.143. The van der Waals surface area contributed by atoms with Gasteiger partial charge in [0.05, 0.1) is 10.7 Å². The van der Waals surface area contributed by atoms with Crippen molar-refractivity contribution < 1.29 is 4.39 Å². The molecule has 20 heavy (non-hydrogen) atoms. The summed E-state index contributed by atoms with van der Waals surface area (Å²) in [5.41, 5.74) is -1.01. The Morgan fingerprint density at radius 3 is 2.65 bits per heavy atom. The van der Waals surface area contributed by atoms with E-state index in [0.717, 1.165) is 10.6 Å². The van der Waals surface area contributed by atoms with Crippen molar-refractivity contribution in [3.8, 4) is 5.69 Å². The lowest BCUT2D eigenvalue weighted by Crippen LogP contribution is -2.39. The van der Waals surface area contributed by atoms with Gasteiger partial charge in [0.15, 0.2) is 0 Å². The summed E-state index contributed by atoms with van der Waals surface area (Å²) in [6.07, 6.45) is 5.21. The van der Waals surface area contributed by atoms with Crippen molar-refractivity contribution in [1.29, 1.82) is 0 Å².